The molecule has 0 heterocycles. The van der Waals surface area contributed by atoms with E-state index in [2.05, 4.69) is 0 Å². The predicted octanol–water partition coefficient (Wildman–Crippen LogP) is 3.26. The van der Waals surface area contributed by atoms with Crippen molar-refractivity contribution in [2.45, 2.75) is 23.2 Å². The number of hydrogen-bond donors (Lipinski definition) is 0. The molecule has 0 N–H and O–H groups in total. The molecule has 0 aromatic heterocycles. The summed E-state index contributed by atoms with van der Waals surface area (Å²) in [5, 5.41) is -3.66. The second-order valence-corrected chi connectivity index (χ2v) is 5.32. The molecule has 0 aliphatic heterocycles. The van der Waals surface area contributed by atoms with Crippen LogP contribution in [0, 0.1) is 0 Å². The molecule has 4 heteroatoms. The summed E-state index contributed by atoms with van der Waals surface area (Å²) >= 11 is -1.21. The quantitative estimate of drug-likeness (QED) is 0.580. The average molecular weight is 267 g/mol. The van der Waals surface area contributed by atoms with Crippen molar-refractivity contribution < 1.29 is 13.2 Å². The van der Waals surface area contributed by atoms with Gasteiger partial charge in [-0.3, -0.25) is 0 Å². The first-order valence-corrected chi connectivity index (χ1v) is 6.39. The molecule has 0 fully saturated rings. The Morgan fingerprint density at radius 3 is 2.29 bits per heavy atom. The second-order valence-electron chi connectivity index (χ2n) is 2.88. The van der Waals surface area contributed by atoms with E-state index in [0.717, 1.165) is 12.0 Å². The molecule has 0 saturated heterocycles. The minimum absolute atomic E-state index is 0.283. The van der Waals surface area contributed by atoms with Crippen LogP contribution in [-0.2, 0) is 6.42 Å². The van der Waals surface area contributed by atoms with E-state index in [1.165, 1.54) is 0 Å². The van der Waals surface area contributed by atoms with Gasteiger partial charge in [0.05, 0.1) is 0 Å². The van der Waals surface area contributed by atoms with Crippen molar-refractivity contribution in [3.63, 3.8) is 0 Å². The number of aryl methyl sites for hydroxylation is 1. The summed E-state index contributed by atoms with van der Waals surface area (Å²) in [5.41, 5.74) is 1.12. The first-order chi connectivity index (χ1) is 6.58. The van der Waals surface area contributed by atoms with Crippen LogP contribution in [0.4, 0.5) is 13.2 Å². The fraction of sp³-hybridized carbons (Fsp3) is 0.400. The fourth-order valence-electron chi connectivity index (χ4n) is 1.11. The van der Waals surface area contributed by atoms with Crippen LogP contribution in [0.2, 0.25) is 5.32 Å². The van der Waals surface area contributed by atoms with E-state index in [1.54, 1.807) is 0 Å². The molecular formula is C10H11F3Se. The van der Waals surface area contributed by atoms with Gasteiger partial charge in [-0.25, -0.2) is 0 Å². The summed E-state index contributed by atoms with van der Waals surface area (Å²) in [6.07, 6.45) is 1.38. The Kier molecular flexibility index (Phi) is 4.49. The molecule has 0 aliphatic rings. The third-order valence-electron chi connectivity index (χ3n) is 1.72. The van der Waals surface area contributed by atoms with Gasteiger partial charge in [0.25, 0.3) is 0 Å². The Balaban J connectivity index is 2.17. The molecule has 14 heavy (non-hydrogen) atoms. The molecule has 0 nitrogen and oxygen atoms in total. The van der Waals surface area contributed by atoms with Crippen molar-refractivity contribution in [1.82, 2.24) is 0 Å². The van der Waals surface area contributed by atoms with Gasteiger partial charge in [0, 0.05) is 0 Å². The molecule has 0 bridgehead atoms. The van der Waals surface area contributed by atoms with Gasteiger partial charge in [-0.1, -0.05) is 0 Å². The zero-order valence-corrected chi connectivity index (χ0v) is 9.26. The summed E-state index contributed by atoms with van der Waals surface area (Å²) in [6.45, 7) is 0. The number of benzene rings is 1. The van der Waals surface area contributed by atoms with Crippen LogP contribution < -0.4 is 0 Å². The van der Waals surface area contributed by atoms with Crippen molar-refractivity contribution in [3.8, 4) is 0 Å². The molecule has 1 aromatic carbocycles. The molecule has 0 radical (unpaired) electrons. The number of halogens is 3. The fourth-order valence-corrected chi connectivity index (χ4v) is 2.20. The van der Waals surface area contributed by atoms with Gasteiger partial charge >= 0.3 is 87.3 Å². The maximum absolute atomic E-state index is 11.8. The summed E-state index contributed by atoms with van der Waals surface area (Å²) in [7, 11) is 0. The topological polar surface area (TPSA) is 0 Å². The Morgan fingerprint density at radius 1 is 1.07 bits per heavy atom. The van der Waals surface area contributed by atoms with E-state index in [-0.39, 0.29) is 5.32 Å². The van der Waals surface area contributed by atoms with E-state index in [0.29, 0.717) is 6.42 Å². The minimum atomic E-state index is -3.94. The van der Waals surface area contributed by atoms with Gasteiger partial charge in [-0.2, -0.15) is 0 Å². The summed E-state index contributed by atoms with van der Waals surface area (Å²) in [4.78, 5) is 0. The summed E-state index contributed by atoms with van der Waals surface area (Å²) < 4.78 is 35.4. The van der Waals surface area contributed by atoms with E-state index >= 15 is 0 Å². The number of hydrogen-bond acceptors (Lipinski definition) is 0. The number of rotatable bonds is 4. The first-order valence-electron chi connectivity index (χ1n) is 4.32. The van der Waals surface area contributed by atoms with E-state index in [9.17, 15) is 13.2 Å². The molecule has 0 unspecified atom stereocenters. The Labute approximate surface area is 87.7 Å². The van der Waals surface area contributed by atoms with Crippen molar-refractivity contribution in [2.24, 2.45) is 0 Å². The van der Waals surface area contributed by atoms with Crippen LogP contribution in [0.3, 0.4) is 0 Å². The van der Waals surface area contributed by atoms with E-state index in [4.69, 9.17) is 0 Å². The monoisotopic (exact) mass is 268 g/mol. The zero-order valence-electron chi connectivity index (χ0n) is 7.55. The summed E-state index contributed by atoms with van der Waals surface area (Å²) in [6, 6.07) is 9.61. The molecule has 0 atom stereocenters. The summed E-state index contributed by atoms with van der Waals surface area (Å²) in [5.74, 6) is 0. The van der Waals surface area contributed by atoms with Gasteiger partial charge in [0.1, 0.15) is 0 Å². The molecule has 0 spiro atoms. The van der Waals surface area contributed by atoms with Gasteiger partial charge in [-0.15, -0.1) is 0 Å². The van der Waals surface area contributed by atoms with Crippen LogP contribution in [0.25, 0.3) is 0 Å². The SMILES string of the molecule is FC(F)(F)[Se]CCCc1ccccc1. The van der Waals surface area contributed by atoms with Gasteiger partial charge in [0.2, 0.25) is 0 Å². The number of alkyl halides is 3. The van der Waals surface area contributed by atoms with Crippen molar-refractivity contribution in [2.75, 3.05) is 0 Å². The molecule has 0 saturated carbocycles. The molecule has 0 amide bonds. The first kappa shape index (κ1) is 11.6. The van der Waals surface area contributed by atoms with Crippen LogP contribution in [0.5, 0.6) is 0 Å². The van der Waals surface area contributed by atoms with Crippen molar-refractivity contribution >= 4 is 15.0 Å². The molecule has 1 aromatic rings. The van der Waals surface area contributed by atoms with Crippen molar-refractivity contribution in [1.29, 1.82) is 0 Å². The average Bonchev–Trinajstić information content (AvgIpc) is 2.13. The van der Waals surface area contributed by atoms with E-state index < -0.39 is 20.0 Å². The third-order valence-corrected chi connectivity index (χ3v) is 3.44. The zero-order chi connectivity index (χ0) is 10.4. The maximum atomic E-state index is 11.8. The molecule has 78 valence electrons. The third kappa shape index (κ3) is 5.30. The normalized spacial score (nSPS) is 11.6. The Hall–Kier alpha value is -0.471. The second kappa shape index (κ2) is 5.42. The van der Waals surface area contributed by atoms with Crippen molar-refractivity contribution in [3.05, 3.63) is 35.9 Å². The molecular weight excluding hydrogens is 256 g/mol. The van der Waals surface area contributed by atoms with Gasteiger partial charge in [0.15, 0.2) is 0 Å². The van der Waals surface area contributed by atoms with Crippen LogP contribution in [-0.4, -0.2) is 20.0 Å². The van der Waals surface area contributed by atoms with E-state index in [1.807, 2.05) is 30.3 Å². The van der Waals surface area contributed by atoms with Gasteiger partial charge in [-0.05, 0) is 0 Å². The molecule has 1 rings (SSSR count). The van der Waals surface area contributed by atoms with Crippen LogP contribution in [0.15, 0.2) is 30.3 Å². The molecule has 0 aliphatic carbocycles. The Bertz CT molecular complexity index is 256. The predicted molar refractivity (Wildman–Crippen MR) is 51.4 cm³/mol. The van der Waals surface area contributed by atoms with Crippen LogP contribution in [0.1, 0.15) is 12.0 Å². The Morgan fingerprint density at radius 2 is 1.71 bits per heavy atom. The van der Waals surface area contributed by atoms with Crippen LogP contribution >= 0.6 is 0 Å². The van der Waals surface area contributed by atoms with Gasteiger partial charge < -0.3 is 0 Å². The standard InChI is InChI=1S/C10H11F3Se/c11-10(12,13)14-8-4-7-9-5-2-1-3-6-9/h1-3,5-6H,4,7-8H2.